The van der Waals surface area contributed by atoms with Crippen LogP contribution in [0.1, 0.15) is 51.4 Å². The molecule has 0 heterocycles. The Labute approximate surface area is 93.3 Å². The molecule has 0 aromatic rings. The van der Waals surface area contributed by atoms with Gasteiger partial charge >= 0.3 is 0 Å². The average molecular weight is 208 g/mol. The van der Waals surface area contributed by atoms with Crippen LogP contribution in [0.5, 0.6) is 0 Å². The Morgan fingerprint density at radius 3 is 3.00 bits per heavy atom. The SMILES string of the molecule is NC1CCCC(NCCC2=CCCC2)C1. The minimum Gasteiger partial charge on any atom is -0.328 e. The van der Waals surface area contributed by atoms with Gasteiger partial charge in [0.25, 0.3) is 0 Å². The summed E-state index contributed by atoms with van der Waals surface area (Å²) in [6, 6.07) is 1.14. The van der Waals surface area contributed by atoms with Gasteiger partial charge < -0.3 is 11.1 Å². The van der Waals surface area contributed by atoms with Gasteiger partial charge in [-0.3, -0.25) is 0 Å². The van der Waals surface area contributed by atoms with E-state index in [1.54, 1.807) is 5.57 Å². The third kappa shape index (κ3) is 3.62. The van der Waals surface area contributed by atoms with E-state index in [4.69, 9.17) is 5.73 Å². The molecule has 0 aliphatic heterocycles. The van der Waals surface area contributed by atoms with Crippen molar-refractivity contribution in [2.24, 2.45) is 5.73 Å². The first-order chi connectivity index (χ1) is 7.34. The Balaban J connectivity index is 1.60. The van der Waals surface area contributed by atoms with E-state index in [1.807, 2.05) is 0 Å². The first-order valence-electron chi connectivity index (χ1n) is 6.51. The molecule has 0 aromatic heterocycles. The summed E-state index contributed by atoms with van der Waals surface area (Å²) in [7, 11) is 0. The summed E-state index contributed by atoms with van der Waals surface area (Å²) in [4.78, 5) is 0. The molecule has 0 amide bonds. The van der Waals surface area contributed by atoms with E-state index < -0.39 is 0 Å². The lowest BCUT2D eigenvalue weighted by Crippen LogP contribution is -2.39. The molecule has 15 heavy (non-hydrogen) atoms. The van der Waals surface area contributed by atoms with E-state index >= 15 is 0 Å². The summed E-state index contributed by atoms with van der Waals surface area (Å²) in [5.74, 6) is 0. The Kier molecular flexibility index (Phi) is 4.21. The molecule has 1 saturated carbocycles. The van der Waals surface area contributed by atoms with Gasteiger partial charge in [-0.05, 0) is 51.5 Å². The second-order valence-electron chi connectivity index (χ2n) is 5.08. The lowest BCUT2D eigenvalue weighted by Gasteiger charge is -2.27. The topological polar surface area (TPSA) is 38.0 Å². The van der Waals surface area contributed by atoms with E-state index in [1.165, 1.54) is 51.4 Å². The lowest BCUT2D eigenvalue weighted by molar-refractivity contribution is 0.341. The van der Waals surface area contributed by atoms with E-state index in [2.05, 4.69) is 11.4 Å². The summed E-state index contributed by atoms with van der Waals surface area (Å²) in [6.07, 6.45) is 12.7. The molecule has 0 spiro atoms. The molecule has 2 rings (SSSR count). The molecule has 0 saturated heterocycles. The Morgan fingerprint density at radius 1 is 1.33 bits per heavy atom. The van der Waals surface area contributed by atoms with Crippen LogP contribution in [0, 0.1) is 0 Å². The quantitative estimate of drug-likeness (QED) is 0.696. The summed E-state index contributed by atoms with van der Waals surface area (Å²) >= 11 is 0. The average Bonchev–Trinajstić information content (AvgIpc) is 2.71. The molecular formula is C13H24N2. The molecule has 2 heteroatoms. The first kappa shape index (κ1) is 11.2. The second-order valence-corrected chi connectivity index (χ2v) is 5.08. The van der Waals surface area contributed by atoms with Crippen LogP contribution in [-0.2, 0) is 0 Å². The highest BCUT2D eigenvalue weighted by molar-refractivity contribution is 5.07. The van der Waals surface area contributed by atoms with Gasteiger partial charge in [-0.2, -0.15) is 0 Å². The number of hydrogen-bond donors (Lipinski definition) is 2. The van der Waals surface area contributed by atoms with Gasteiger partial charge in [-0.15, -0.1) is 0 Å². The van der Waals surface area contributed by atoms with Crippen LogP contribution in [0.3, 0.4) is 0 Å². The van der Waals surface area contributed by atoms with E-state index in [0.29, 0.717) is 12.1 Å². The third-order valence-corrected chi connectivity index (χ3v) is 3.73. The van der Waals surface area contributed by atoms with Crippen LogP contribution < -0.4 is 11.1 Å². The summed E-state index contributed by atoms with van der Waals surface area (Å²) in [6.45, 7) is 1.16. The van der Waals surface area contributed by atoms with Crippen molar-refractivity contribution in [2.75, 3.05) is 6.54 Å². The van der Waals surface area contributed by atoms with Gasteiger partial charge in [0.05, 0.1) is 0 Å². The summed E-state index contributed by atoms with van der Waals surface area (Å²) < 4.78 is 0. The van der Waals surface area contributed by atoms with Crippen LogP contribution in [0.4, 0.5) is 0 Å². The molecule has 0 bridgehead atoms. The van der Waals surface area contributed by atoms with Crippen LogP contribution in [0.15, 0.2) is 11.6 Å². The van der Waals surface area contributed by atoms with Crippen LogP contribution in [0.25, 0.3) is 0 Å². The van der Waals surface area contributed by atoms with Crippen molar-refractivity contribution in [3.8, 4) is 0 Å². The molecule has 2 unspecified atom stereocenters. The molecular weight excluding hydrogens is 184 g/mol. The minimum absolute atomic E-state index is 0.446. The molecule has 2 nitrogen and oxygen atoms in total. The van der Waals surface area contributed by atoms with Gasteiger partial charge in [0.1, 0.15) is 0 Å². The van der Waals surface area contributed by atoms with Gasteiger partial charge in [0.15, 0.2) is 0 Å². The minimum atomic E-state index is 0.446. The highest BCUT2D eigenvalue weighted by Gasteiger charge is 2.18. The van der Waals surface area contributed by atoms with Gasteiger partial charge in [0.2, 0.25) is 0 Å². The van der Waals surface area contributed by atoms with Gasteiger partial charge in [-0.25, -0.2) is 0 Å². The smallest absolute Gasteiger partial charge is 0.00819 e. The van der Waals surface area contributed by atoms with Crippen molar-refractivity contribution in [1.82, 2.24) is 5.32 Å². The number of allylic oxidation sites excluding steroid dienone is 1. The van der Waals surface area contributed by atoms with E-state index in [0.717, 1.165) is 6.54 Å². The van der Waals surface area contributed by atoms with Crippen molar-refractivity contribution >= 4 is 0 Å². The highest BCUT2D eigenvalue weighted by atomic mass is 14.9. The van der Waals surface area contributed by atoms with Crippen LogP contribution in [-0.4, -0.2) is 18.6 Å². The summed E-state index contributed by atoms with van der Waals surface area (Å²) in [5.41, 5.74) is 7.64. The lowest BCUT2D eigenvalue weighted by atomic mass is 9.91. The number of nitrogens with two attached hydrogens (primary N) is 1. The van der Waals surface area contributed by atoms with Gasteiger partial charge in [-0.1, -0.05) is 18.1 Å². The maximum atomic E-state index is 5.97. The fourth-order valence-electron chi connectivity index (χ4n) is 2.81. The molecule has 3 N–H and O–H groups in total. The number of rotatable bonds is 4. The molecule has 0 aromatic carbocycles. The highest BCUT2D eigenvalue weighted by Crippen LogP contribution is 2.21. The molecule has 0 radical (unpaired) electrons. The standard InChI is InChI=1S/C13H24N2/c14-12-6-3-7-13(10-12)15-9-8-11-4-1-2-5-11/h4,12-13,15H,1-3,5-10,14H2. The zero-order valence-electron chi connectivity index (χ0n) is 9.67. The third-order valence-electron chi connectivity index (χ3n) is 3.73. The molecule has 1 fully saturated rings. The van der Waals surface area contributed by atoms with Crippen molar-refractivity contribution in [2.45, 2.75) is 63.5 Å². The van der Waals surface area contributed by atoms with Crippen molar-refractivity contribution in [3.05, 3.63) is 11.6 Å². The monoisotopic (exact) mass is 208 g/mol. The van der Waals surface area contributed by atoms with E-state index in [-0.39, 0.29) is 0 Å². The predicted octanol–water partition coefficient (Wildman–Crippen LogP) is 2.35. The number of hydrogen-bond acceptors (Lipinski definition) is 2. The van der Waals surface area contributed by atoms with Crippen molar-refractivity contribution in [1.29, 1.82) is 0 Å². The summed E-state index contributed by atoms with van der Waals surface area (Å²) in [5, 5.41) is 3.66. The van der Waals surface area contributed by atoms with E-state index in [9.17, 15) is 0 Å². The molecule has 2 atom stereocenters. The molecule has 2 aliphatic carbocycles. The van der Waals surface area contributed by atoms with Gasteiger partial charge in [0, 0.05) is 12.1 Å². The molecule has 86 valence electrons. The Bertz CT molecular complexity index is 223. The normalized spacial score (nSPS) is 31.7. The first-order valence-corrected chi connectivity index (χ1v) is 6.51. The second kappa shape index (κ2) is 5.66. The maximum absolute atomic E-state index is 5.97. The predicted molar refractivity (Wildman–Crippen MR) is 64.8 cm³/mol. The largest absolute Gasteiger partial charge is 0.328 e. The van der Waals surface area contributed by atoms with Crippen LogP contribution in [0.2, 0.25) is 0 Å². The van der Waals surface area contributed by atoms with Crippen LogP contribution >= 0.6 is 0 Å². The molecule has 2 aliphatic rings. The zero-order valence-corrected chi connectivity index (χ0v) is 9.67. The fourth-order valence-corrected chi connectivity index (χ4v) is 2.81. The Hall–Kier alpha value is -0.340. The van der Waals surface area contributed by atoms with Crippen molar-refractivity contribution in [3.63, 3.8) is 0 Å². The fraction of sp³-hybridized carbons (Fsp3) is 0.846. The van der Waals surface area contributed by atoms with Crippen molar-refractivity contribution < 1.29 is 0 Å². The maximum Gasteiger partial charge on any atom is 0.00819 e. The number of nitrogens with one attached hydrogen (secondary N) is 1. The zero-order chi connectivity index (χ0) is 10.5. The Morgan fingerprint density at radius 2 is 2.27 bits per heavy atom.